The molecule has 0 spiro atoms. The predicted molar refractivity (Wildman–Crippen MR) is 74.0 cm³/mol. The Morgan fingerprint density at radius 2 is 2.26 bits per heavy atom. The molecule has 100 valence electrons. The third-order valence-corrected chi connectivity index (χ3v) is 4.78. The monoisotopic (exact) mass is 276 g/mol. The number of nitrogens with zero attached hydrogens (tertiary/aromatic N) is 4. The van der Waals surface area contributed by atoms with Crippen LogP contribution in [0.2, 0.25) is 0 Å². The first-order valence-corrected chi connectivity index (χ1v) is 7.00. The molecular formula is C13H16N4OS. The number of carbonyl (C=O) groups is 1. The topological polar surface area (TPSA) is 43.1 Å². The van der Waals surface area contributed by atoms with Crippen LogP contribution >= 0.6 is 11.9 Å². The van der Waals surface area contributed by atoms with Crippen LogP contribution in [0.1, 0.15) is 21.9 Å². The molecule has 0 fully saturated rings. The number of aromatic nitrogens is 3. The van der Waals surface area contributed by atoms with E-state index in [1.54, 1.807) is 11.9 Å². The standard InChI is InChI=1S/C13H16N4OS/c1-10-13(5-11(8-18)15(10)2)19-17-4-3-16-9-14-6-12(16)7-17/h5-6,8-9H,3-4,7H2,1-2H3. The zero-order valence-corrected chi connectivity index (χ0v) is 11.9. The molecule has 3 heterocycles. The molecule has 0 aliphatic carbocycles. The van der Waals surface area contributed by atoms with Crippen LogP contribution in [0.15, 0.2) is 23.5 Å². The van der Waals surface area contributed by atoms with Gasteiger partial charge >= 0.3 is 0 Å². The van der Waals surface area contributed by atoms with Gasteiger partial charge in [-0.2, -0.15) is 0 Å². The molecule has 2 aromatic rings. The summed E-state index contributed by atoms with van der Waals surface area (Å²) in [5, 5.41) is 0. The third kappa shape index (κ3) is 2.21. The van der Waals surface area contributed by atoms with Crippen LogP contribution in [0.4, 0.5) is 0 Å². The molecule has 5 nitrogen and oxygen atoms in total. The summed E-state index contributed by atoms with van der Waals surface area (Å²) in [6, 6.07) is 1.96. The van der Waals surface area contributed by atoms with Crippen LogP contribution in [0.3, 0.4) is 0 Å². The van der Waals surface area contributed by atoms with E-state index >= 15 is 0 Å². The molecule has 1 aliphatic rings. The van der Waals surface area contributed by atoms with Crippen molar-refractivity contribution in [1.82, 2.24) is 18.4 Å². The molecule has 0 N–H and O–H groups in total. The molecule has 0 amide bonds. The van der Waals surface area contributed by atoms with E-state index in [1.807, 2.05) is 37.1 Å². The van der Waals surface area contributed by atoms with Crippen molar-refractivity contribution in [3.8, 4) is 0 Å². The van der Waals surface area contributed by atoms with E-state index < -0.39 is 0 Å². The van der Waals surface area contributed by atoms with E-state index in [2.05, 4.69) is 13.9 Å². The number of fused-ring (bicyclic) bond motifs is 1. The number of rotatable bonds is 3. The highest BCUT2D eigenvalue weighted by atomic mass is 32.2. The fraction of sp³-hybridized carbons (Fsp3) is 0.385. The maximum atomic E-state index is 11.0. The zero-order valence-electron chi connectivity index (χ0n) is 11.0. The third-order valence-electron chi connectivity index (χ3n) is 3.60. The molecular weight excluding hydrogens is 260 g/mol. The maximum absolute atomic E-state index is 11.0. The highest BCUT2D eigenvalue weighted by molar-refractivity contribution is 7.97. The van der Waals surface area contributed by atoms with Crippen molar-refractivity contribution in [1.29, 1.82) is 0 Å². The maximum Gasteiger partial charge on any atom is 0.166 e. The quantitative estimate of drug-likeness (QED) is 0.634. The Balaban J connectivity index is 1.78. The Bertz CT molecular complexity index is 616. The first-order valence-electron chi connectivity index (χ1n) is 6.22. The van der Waals surface area contributed by atoms with Crippen molar-refractivity contribution in [3.05, 3.63) is 35.7 Å². The number of hydrogen-bond donors (Lipinski definition) is 0. The van der Waals surface area contributed by atoms with Crippen LogP contribution in [-0.4, -0.2) is 31.3 Å². The summed E-state index contributed by atoms with van der Waals surface area (Å²) < 4.78 is 6.43. The lowest BCUT2D eigenvalue weighted by Gasteiger charge is -2.26. The Kier molecular flexibility index (Phi) is 3.20. The van der Waals surface area contributed by atoms with E-state index in [0.29, 0.717) is 0 Å². The van der Waals surface area contributed by atoms with Crippen molar-refractivity contribution in [2.45, 2.75) is 24.9 Å². The predicted octanol–water partition coefficient (Wildman–Crippen LogP) is 1.87. The molecule has 0 unspecified atom stereocenters. The van der Waals surface area contributed by atoms with Gasteiger partial charge in [0.15, 0.2) is 6.29 Å². The lowest BCUT2D eigenvalue weighted by molar-refractivity contribution is 0.111. The lowest BCUT2D eigenvalue weighted by Crippen LogP contribution is -2.27. The van der Waals surface area contributed by atoms with Gasteiger partial charge in [-0.15, -0.1) is 0 Å². The molecule has 2 aromatic heterocycles. The highest BCUT2D eigenvalue weighted by Gasteiger charge is 2.19. The van der Waals surface area contributed by atoms with Gasteiger partial charge in [-0.05, 0) is 24.9 Å². The van der Waals surface area contributed by atoms with Crippen LogP contribution in [0.5, 0.6) is 0 Å². The largest absolute Gasteiger partial charge is 0.345 e. The second kappa shape index (κ2) is 4.86. The lowest BCUT2D eigenvalue weighted by atomic mass is 10.4. The van der Waals surface area contributed by atoms with Crippen LogP contribution in [0, 0.1) is 6.92 Å². The summed E-state index contributed by atoms with van der Waals surface area (Å²) in [5.41, 5.74) is 3.09. The summed E-state index contributed by atoms with van der Waals surface area (Å²) in [6.07, 6.45) is 4.71. The smallest absolute Gasteiger partial charge is 0.166 e. The van der Waals surface area contributed by atoms with Crippen molar-refractivity contribution in [2.24, 2.45) is 7.05 Å². The van der Waals surface area contributed by atoms with Gasteiger partial charge in [0.1, 0.15) is 0 Å². The minimum Gasteiger partial charge on any atom is -0.345 e. The van der Waals surface area contributed by atoms with E-state index in [4.69, 9.17) is 0 Å². The molecule has 0 aromatic carbocycles. The molecule has 19 heavy (non-hydrogen) atoms. The van der Waals surface area contributed by atoms with Gasteiger partial charge in [-0.25, -0.2) is 9.29 Å². The Morgan fingerprint density at radius 3 is 3.00 bits per heavy atom. The van der Waals surface area contributed by atoms with Gasteiger partial charge in [0.2, 0.25) is 0 Å². The summed E-state index contributed by atoms with van der Waals surface area (Å²) in [5.74, 6) is 0. The molecule has 0 bridgehead atoms. The molecule has 3 rings (SSSR count). The van der Waals surface area contributed by atoms with Crippen molar-refractivity contribution < 1.29 is 4.79 Å². The molecule has 1 aliphatic heterocycles. The minimum absolute atomic E-state index is 0.724. The highest BCUT2D eigenvalue weighted by Crippen LogP contribution is 2.30. The van der Waals surface area contributed by atoms with Gasteiger partial charge in [0.25, 0.3) is 0 Å². The van der Waals surface area contributed by atoms with Gasteiger partial charge in [-0.3, -0.25) is 4.79 Å². The summed E-state index contributed by atoms with van der Waals surface area (Å²) in [6.45, 7) is 4.88. The average Bonchev–Trinajstić information content (AvgIpc) is 2.98. The Hall–Kier alpha value is -1.53. The average molecular weight is 276 g/mol. The normalized spacial score (nSPS) is 15.5. The fourth-order valence-electron chi connectivity index (χ4n) is 2.28. The minimum atomic E-state index is 0.724. The fourth-order valence-corrected chi connectivity index (χ4v) is 3.37. The van der Waals surface area contributed by atoms with Gasteiger partial charge in [-0.1, -0.05) is 0 Å². The first kappa shape index (κ1) is 12.5. The Morgan fingerprint density at radius 1 is 1.42 bits per heavy atom. The second-order valence-corrected chi connectivity index (χ2v) is 5.87. The number of imidazole rings is 1. The molecule has 0 radical (unpaired) electrons. The van der Waals surface area contributed by atoms with Gasteiger partial charge < -0.3 is 9.13 Å². The second-order valence-electron chi connectivity index (χ2n) is 4.73. The summed E-state index contributed by atoms with van der Waals surface area (Å²) >= 11 is 1.72. The van der Waals surface area contributed by atoms with Crippen LogP contribution < -0.4 is 0 Å². The summed E-state index contributed by atoms with van der Waals surface area (Å²) in [4.78, 5) is 16.3. The Labute approximate surface area is 116 Å². The molecule has 0 saturated carbocycles. The zero-order chi connectivity index (χ0) is 13.4. The number of hydrogen-bond acceptors (Lipinski definition) is 4. The van der Waals surface area contributed by atoms with E-state index in [1.165, 1.54) is 5.69 Å². The van der Waals surface area contributed by atoms with Crippen molar-refractivity contribution in [3.63, 3.8) is 0 Å². The van der Waals surface area contributed by atoms with Gasteiger partial charge in [0, 0.05) is 36.9 Å². The molecule has 0 saturated heterocycles. The van der Waals surface area contributed by atoms with E-state index in [-0.39, 0.29) is 0 Å². The first-order chi connectivity index (χ1) is 9.19. The van der Waals surface area contributed by atoms with Crippen molar-refractivity contribution in [2.75, 3.05) is 6.54 Å². The molecule has 0 atom stereocenters. The van der Waals surface area contributed by atoms with E-state index in [9.17, 15) is 4.79 Å². The SMILES string of the molecule is Cc1c(SN2CCn3cncc3C2)cc(C=O)n1C. The molecule has 6 heteroatoms. The number of carbonyl (C=O) groups excluding carboxylic acids is 1. The van der Waals surface area contributed by atoms with E-state index in [0.717, 1.165) is 42.2 Å². The van der Waals surface area contributed by atoms with Crippen LogP contribution in [-0.2, 0) is 20.1 Å². The van der Waals surface area contributed by atoms with Crippen LogP contribution in [0.25, 0.3) is 0 Å². The summed E-state index contributed by atoms with van der Waals surface area (Å²) in [7, 11) is 1.93. The van der Waals surface area contributed by atoms with Crippen molar-refractivity contribution >= 4 is 18.2 Å². The number of aldehydes is 1. The van der Waals surface area contributed by atoms with Gasteiger partial charge in [0.05, 0.1) is 24.3 Å².